The van der Waals surface area contributed by atoms with E-state index in [1.807, 2.05) is 0 Å². The van der Waals surface area contributed by atoms with Gasteiger partial charge in [0.1, 0.15) is 0 Å². The van der Waals surface area contributed by atoms with Crippen molar-refractivity contribution in [3.05, 3.63) is 0 Å². The molecule has 0 aliphatic heterocycles. The van der Waals surface area contributed by atoms with Crippen LogP contribution in [0.4, 0.5) is 0 Å². The maximum absolute atomic E-state index is 10.2. The van der Waals surface area contributed by atoms with E-state index in [1.165, 1.54) is 64.2 Å². The summed E-state index contributed by atoms with van der Waals surface area (Å²) in [5, 5.41) is 19.6. The van der Waals surface area contributed by atoms with E-state index in [9.17, 15) is 9.90 Å². The number of hydrogen-bond acceptors (Lipinski definition) is 5. The first kappa shape index (κ1) is 26.6. The van der Waals surface area contributed by atoms with E-state index in [4.69, 9.17) is 0 Å². The Kier molecular flexibility index (Phi) is 25.9. The molecule has 138 valence electrons. The van der Waals surface area contributed by atoms with E-state index in [2.05, 4.69) is 22.9 Å². The molecule has 0 fully saturated rings. The Morgan fingerprint density at radius 1 is 0.667 bits per heavy atom. The van der Waals surface area contributed by atoms with E-state index < -0.39 is 5.97 Å². The summed E-state index contributed by atoms with van der Waals surface area (Å²) in [7, 11) is 0. The van der Waals surface area contributed by atoms with Crippen molar-refractivity contribution in [3.63, 3.8) is 0 Å². The number of hydrogen-bond donors (Lipinski definition) is 3. The Bertz CT molecular complexity index is 256. The number of carboxylic acids is 1. The van der Waals surface area contributed by atoms with E-state index in [1.54, 1.807) is 0 Å². The molecule has 0 amide bonds. The van der Waals surface area contributed by atoms with Gasteiger partial charge in [0.25, 0.3) is 0 Å². The summed E-state index contributed by atoms with van der Waals surface area (Å²) in [5.74, 6) is -1.05. The first-order valence-electron chi connectivity index (χ1n) is 9.59. The molecule has 0 saturated carbocycles. The second-order valence-corrected chi connectivity index (χ2v) is 6.23. The predicted molar refractivity (Wildman–Crippen MR) is 95.5 cm³/mol. The zero-order chi connectivity index (χ0) is 17.0. The van der Waals surface area contributed by atoms with Gasteiger partial charge in [-0.2, -0.15) is 0 Å². The Balaban J connectivity index is 0. The molecule has 6 heteroatoms. The molecule has 0 heterocycles. The molecule has 0 radical (unpaired) electrons. The molecule has 0 aromatic rings. The van der Waals surface area contributed by atoms with Crippen LogP contribution in [0.3, 0.4) is 0 Å². The molecule has 0 saturated heterocycles. The Morgan fingerprint density at radius 3 is 1.58 bits per heavy atom. The molecule has 0 unspecified atom stereocenters. The summed E-state index contributed by atoms with van der Waals surface area (Å²) in [6, 6.07) is 0. The van der Waals surface area contributed by atoms with E-state index in [0.29, 0.717) is 6.54 Å². The van der Waals surface area contributed by atoms with Crippen LogP contribution in [0.5, 0.6) is 0 Å². The number of unbranched alkanes of at least 4 members (excludes halogenated alkanes) is 9. The van der Waals surface area contributed by atoms with Crippen LogP contribution >= 0.6 is 0 Å². The fourth-order valence-electron chi connectivity index (χ4n) is 2.53. The maximum Gasteiger partial charge on any atom is 1.00 e. The van der Waals surface area contributed by atoms with Crippen LogP contribution in [0.25, 0.3) is 0 Å². The quantitative estimate of drug-likeness (QED) is 0.194. The Labute approximate surface area is 171 Å². The van der Waals surface area contributed by atoms with Crippen LogP contribution in [0.15, 0.2) is 0 Å². The summed E-state index contributed by atoms with van der Waals surface area (Å²) < 4.78 is 0. The van der Waals surface area contributed by atoms with Crippen LogP contribution < -0.4 is 50.6 Å². The van der Waals surface area contributed by atoms with E-state index >= 15 is 0 Å². The third kappa shape index (κ3) is 24.6. The number of carbonyl (C=O) groups excluding carboxylic acids is 1. The minimum absolute atomic E-state index is 0. The topological polar surface area (TPSA) is 76.2 Å². The largest absolute Gasteiger partial charge is 1.00 e. The van der Waals surface area contributed by atoms with Gasteiger partial charge in [0.15, 0.2) is 0 Å². The molecule has 0 spiro atoms. The van der Waals surface area contributed by atoms with Crippen LogP contribution in [0.1, 0.15) is 71.1 Å². The molecule has 0 aliphatic carbocycles. The van der Waals surface area contributed by atoms with Crippen molar-refractivity contribution in [2.75, 3.05) is 39.3 Å². The molecule has 0 aromatic carbocycles. The summed E-state index contributed by atoms with van der Waals surface area (Å²) >= 11 is 0. The van der Waals surface area contributed by atoms with Gasteiger partial charge in [0, 0.05) is 32.7 Å². The Morgan fingerprint density at radius 2 is 1.08 bits per heavy atom. The third-order valence-electron chi connectivity index (χ3n) is 3.93. The molecule has 0 aliphatic rings. The molecule has 3 N–H and O–H groups in total. The predicted octanol–water partition coefficient (Wildman–Crippen LogP) is -1.57. The number of rotatable bonds is 19. The van der Waals surface area contributed by atoms with Crippen molar-refractivity contribution < 1.29 is 39.5 Å². The van der Waals surface area contributed by atoms with Gasteiger partial charge < -0.3 is 25.9 Å². The molecule has 24 heavy (non-hydrogen) atoms. The second kappa shape index (κ2) is 23.4. The van der Waals surface area contributed by atoms with Gasteiger partial charge in [-0.1, -0.05) is 64.7 Å². The second-order valence-electron chi connectivity index (χ2n) is 6.23. The summed E-state index contributed by atoms with van der Waals surface area (Å²) in [5.41, 5.74) is 0. The SMILES string of the molecule is CCCCCCCCCCCCNCCNCCNCC(=O)[O-].[Na+]. The van der Waals surface area contributed by atoms with E-state index in [-0.39, 0.29) is 36.1 Å². The van der Waals surface area contributed by atoms with Crippen molar-refractivity contribution in [3.8, 4) is 0 Å². The Hall–Kier alpha value is 0.350. The van der Waals surface area contributed by atoms with Gasteiger partial charge in [-0.25, -0.2) is 0 Å². The van der Waals surface area contributed by atoms with Crippen molar-refractivity contribution in [2.24, 2.45) is 0 Å². The van der Waals surface area contributed by atoms with Gasteiger partial charge in [0.2, 0.25) is 0 Å². The maximum atomic E-state index is 10.2. The smallest absolute Gasteiger partial charge is 0.549 e. The zero-order valence-corrected chi connectivity index (χ0v) is 18.1. The fourth-order valence-corrected chi connectivity index (χ4v) is 2.53. The minimum Gasteiger partial charge on any atom is -0.549 e. The molecule has 0 atom stereocenters. The van der Waals surface area contributed by atoms with Crippen molar-refractivity contribution in [1.82, 2.24) is 16.0 Å². The van der Waals surface area contributed by atoms with Gasteiger partial charge >= 0.3 is 29.6 Å². The van der Waals surface area contributed by atoms with Crippen molar-refractivity contribution in [1.29, 1.82) is 0 Å². The van der Waals surface area contributed by atoms with E-state index in [0.717, 1.165) is 26.2 Å². The van der Waals surface area contributed by atoms with Crippen LogP contribution in [-0.2, 0) is 4.79 Å². The van der Waals surface area contributed by atoms with Crippen LogP contribution in [-0.4, -0.2) is 45.2 Å². The number of carbonyl (C=O) groups is 1. The zero-order valence-electron chi connectivity index (χ0n) is 16.1. The molecule has 0 bridgehead atoms. The third-order valence-corrected chi connectivity index (χ3v) is 3.93. The molecule has 0 aromatic heterocycles. The molecular weight excluding hydrogens is 313 g/mol. The van der Waals surface area contributed by atoms with Gasteiger partial charge in [0.05, 0.1) is 5.97 Å². The number of nitrogens with one attached hydrogen (secondary N) is 3. The molecular formula is C18H38N3NaO2. The van der Waals surface area contributed by atoms with Gasteiger partial charge in [-0.3, -0.25) is 0 Å². The monoisotopic (exact) mass is 351 g/mol. The van der Waals surface area contributed by atoms with Crippen LogP contribution in [0, 0.1) is 0 Å². The summed E-state index contributed by atoms with van der Waals surface area (Å²) in [6.07, 6.45) is 13.8. The fraction of sp³-hybridized carbons (Fsp3) is 0.944. The number of aliphatic carboxylic acids is 1. The average Bonchev–Trinajstić information content (AvgIpc) is 2.53. The standard InChI is InChI=1S/C18H39N3O2.Na/c1-2-3-4-5-6-7-8-9-10-11-12-19-13-14-20-15-16-21-17-18(22)23;/h19-21H,2-17H2,1H3,(H,22,23);/q;+1/p-1. The van der Waals surface area contributed by atoms with Gasteiger partial charge in [-0.05, 0) is 13.0 Å². The van der Waals surface area contributed by atoms with Crippen molar-refractivity contribution >= 4 is 5.97 Å². The normalized spacial score (nSPS) is 10.5. The summed E-state index contributed by atoms with van der Waals surface area (Å²) in [4.78, 5) is 10.2. The molecule has 5 nitrogen and oxygen atoms in total. The average molecular weight is 352 g/mol. The first-order chi connectivity index (χ1) is 11.3. The summed E-state index contributed by atoms with van der Waals surface area (Å²) in [6.45, 7) is 6.63. The van der Waals surface area contributed by atoms with Gasteiger partial charge in [-0.15, -0.1) is 0 Å². The van der Waals surface area contributed by atoms with Crippen LogP contribution in [0.2, 0.25) is 0 Å². The first-order valence-corrected chi connectivity index (χ1v) is 9.59. The minimum atomic E-state index is -1.05. The molecule has 0 rings (SSSR count). The number of carboxylic acid groups (broad SMARTS) is 1. The van der Waals surface area contributed by atoms with Crippen molar-refractivity contribution in [2.45, 2.75) is 71.1 Å².